The summed E-state index contributed by atoms with van der Waals surface area (Å²) in [6, 6.07) is 0. The van der Waals surface area contributed by atoms with Crippen LogP contribution in [0, 0.1) is 5.92 Å². The van der Waals surface area contributed by atoms with Gasteiger partial charge in [0.25, 0.3) is 0 Å². The van der Waals surface area contributed by atoms with Gasteiger partial charge in [-0.2, -0.15) is 5.10 Å². The smallest absolute Gasteiger partial charge is 0.0766 e. The van der Waals surface area contributed by atoms with E-state index in [1.54, 1.807) is 0 Å². The molecule has 104 valence electrons. The summed E-state index contributed by atoms with van der Waals surface area (Å²) in [6.45, 7) is 9.64. The van der Waals surface area contributed by atoms with Crippen LogP contribution in [0.3, 0.4) is 0 Å². The first kappa shape index (κ1) is 16.0. The van der Waals surface area contributed by atoms with Gasteiger partial charge in [-0.05, 0) is 48.0 Å². The quantitative estimate of drug-likeness (QED) is 0.654. The molecule has 1 unspecified atom stereocenters. The van der Waals surface area contributed by atoms with E-state index in [2.05, 4.69) is 53.4 Å². The average Bonchev–Trinajstić information content (AvgIpc) is 2.63. The van der Waals surface area contributed by atoms with Gasteiger partial charge in [-0.15, -0.1) is 11.6 Å². The summed E-state index contributed by atoms with van der Waals surface area (Å²) in [7, 11) is 0. The molecular weight excluding hydrogens is 312 g/mol. The number of halogens is 2. The molecule has 0 saturated heterocycles. The highest BCUT2D eigenvalue weighted by molar-refractivity contribution is 9.10. The summed E-state index contributed by atoms with van der Waals surface area (Å²) in [6.07, 6.45) is 4.12. The number of hydrogen-bond donors (Lipinski definition) is 0. The summed E-state index contributed by atoms with van der Waals surface area (Å²) in [5.74, 6) is 0.719. The van der Waals surface area contributed by atoms with Crippen molar-refractivity contribution in [3.05, 3.63) is 15.9 Å². The van der Waals surface area contributed by atoms with Crippen molar-refractivity contribution in [3.8, 4) is 0 Å². The minimum Gasteiger partial charge on any atom is -0.268 e. The van der Waals surface area contributed by atoms with Crippen molar-refractivity contribution in [2.45, 2.75) is 65.3 Å². The molecule has 0 fully saturated rings. The SMILES string of the molecule is CCc1nn(CC)c(CC(Cl)CCC(C)C)c1Br. The minimum atomic E-state index is 0.204. The molecule has 4 heteroatoms. The monoisotopic (exact) mass is 334 g/mol. The first-order valence-electron chi connectivity index (χ1n) is 6.87. The van der Waals surface area contributed by atoms with Crippen LogP contribution in [0.15, 0.2) is 4.47 Å². The third-order valence-electron chi connectivity index (χ3n) is 3.17. The molecule has 0 aliphatic heterocycles. The second-order valence-corrected chi connectivity index (χ2v) is 6.56. The predicted molar refractivity (Wildman–Crippen MR) is 82.4 cm³/mol. The van der Waals surface area contributed by atoms with Crippen LogP contribution in [-0.2, 0) is 19.4 Å². The van der Waals surface area contributed by atoms with Gasteiger partial charge in [0.15, 0.2) is 0 Å². The van der Waals surface area contributed by atoms with Crippen LogP contribution < -0.4 is 0 Å². The summed E-state index contributed by atoms with van der Waals surface area (Å²) in [5.41, 5.74) is 2.39. The zero-order valence-electron chi connectivity index (χ0n) is 11.8. The van der Waals surface area contributed by atoms with Crippen molar-refractivity contribution in [1.82, 2.24) is 9.78 Å². The molecular formula is C14H24BrClN2. The Morgan fingerprint density at radius 1 is 1.28 bits per heavy atom. The van der Waals surface area contributed by atoms with Crippen molar-refractivity contribution in [2.24, 2.45) is 5.92 Å². The molecule has 18 heavy (non-hydrogen) atoms. The van der Waals surface area contributed by atoms with E-state index >= 15 is 0 Å². The maximum atomic E-state index is 6.45. The van der Waals surface area contributed by atoms with Crippen LogP contribution >= 0.6 is 27.5 Å². The maximum absolute atomic E-state index is 6.45. The fourth-order valence-electron chi connectivity index (χ4n) is 2.04. The largest absolute Gasteiger partial charge is 0.268 e. The first-order chi connectivity index (χ1) is 8.49. The summed E-state index contributed by atoms with van der Waals surface area (Å²) < 4.78 is 3.23. The molecule has 0 saturated carbocycles. The second-order valence-electron chi connectivity index (χ2n) is 5.15. The van der Waals surface area contributed by atoms with E-state index in [0.717, 1.165) is 41.9 Å². The Balaban J connectivity index is 2.73. The van der Waals surface area contributed by atoms with Gasteiger partial charge in [0.05, 0.1) is 15.9 Å². The van der Waals surface area contributed by atoms with E-state index in [4.69, 9.17) is 11.6 Å². The standard InChI is InChI=1S/C14H24BrClN2/c1-5-12-14(15)13(18(6-2)17-12)9-11(16)8-7-10(3)4/h10-11H,5-9H2,1-4H3. The molecule has 0 bridgehead atoms. The average molecular weight is 336 g/mol. The molecule has 0 spiro atoms. The van der Waals surface area contributed by atoms with Crippen molar-refractivity contribution >= 4 is 27.5 Å². The first-order valence-corrected chi connectivity index (χ1v) is 8.10. The number of nitrogens with zero attached hydrogens (tertiary/aromatic N) is 2. The Hall–Kier alpha value is -0.0200. The second kappa shape index (κ2) is 7.54. The van der Waals surface area contributed by atoms with Gasteiger partial charge in [0.1, 0.15) is 0 Å². The maximum Gasteiger partial charge on any atom is 0.0766 e. The van der Waals surface area contributed by atoms with Gasteiger partial charge in [0.2, 0.25) is 0 Å². The lowest BCUT2D eigenvalue weighted by Gasteiger charge is -2.12. The summed E-state index contributed by atoms with van der Waals surface area (Å²) in [5, 5.41) is 4.81. The zero-order valence-corrected chi connectivity index (χ0v) is 14.2. The Kier molecular flexibility index (Phi) is 6.72. The van der Waals surface area contributed by atoms with E-state index in [0.29, 0.717) is 0 Å². The Morgan fingerprint density at radius 2 is 1.94 bits per heavy atom. The molecule has 0 aliphatic rings. The molecule has 0 aromatic carbocycles. The van der Waals surface area contributed by atoms with Gasteiger partial charge in [-0.3, -0.25) is 4.68 Å². The lowest BCUT2D eigenvalue weighted by Crippen LogP contribution is -2.11. The van der Waals surface area contributed by atoms with Crippen LogP contribution in [-0.4, -0.2) is 15.2 Å². The molecule has 1 heterocycles. The minimum absolute atomic E-state index is 0.204. The zero-order chi connectivity index (χ0) is 13.7. The predicted octanol–water partition coefficient (Wildman–Crippen LogP) is 4.81. The van der Waals surface area contributed by atoms with E-state index < -0.39 is 0 Å². The van der Waals surface area contributed by atoms with Gasteiger partial charge in [-0.25, -0.2) is 0 Å². The summed E-state index contributed by atoms with van der Waals surface area (Å²) in [4.78, 5) is 0. The van der Waals surface area contributed by atoms with Crippen molar-refractivity contribution in [1.29, 1.82) is 0 Å². The van der Waals surface area contributed by atoms with Gasteiger partial charge >= 0.3 is 0 Å². The van der Waals surface area contributed by atoms with Crippen LogP contribution in [0.25, 0.3) is 0 Å². The van der Waals surface area contributed by atoms with Gasteiger partial charge < -0.3 is 0 Å². The molecule has 1 atom stereocenters. The van der Waals surface area contributed by atoms with Crippen LogP contribution in [0.2, 0.25) is 0 Å². The number of rotatable bonds is 7. The normalized spacial score (nSPS) is 13.3. The van der Waals surface area contributed by atoms with Gasteiger partial charge in [0, 0.05) is 18.3 Å². The van der Waals surface area contributed by atoms with E-state index in [9.17, 15) is 0 Å². The topological polar surface area (TPSA) is 17.8 Å². The number of aryl methyl sites for hydroxylation is 2. The highest BCUT2D eigenvalue weighted by atomic mass is 79.9. The lowest BCUT2D eigenvalue weighted by molar-refractivity contribution is 0.529. The van der Waals surface area contributed by atoms with Crippen molar-refractivity contribution < 1.29 is 0 Å². The van der Waals surface area contributed by atoms with Crippen molar-refractivity contribution in [2.75, 3.05) is 0 Å². The molecule has 0 N–H and O–H groups in total. The molecule has 0 amide bonds. The Morgan fingerprint density at radius 3 is 2.44 bits per heavy atom. The third-order valence-corrected chi connectivity index (χ3v) is 4.45. The van der Waals surface area contributed by atoms with Crippen LogP contribution in [0.4, 0.5) is 0 Å². The van der Waals surface area contributed by atoms with Crippen molar-refractivity contribution in [3.63, 3.8) is 0 Å². The van der Waals surface area contributed by atoms with E-state index in [1.165, 1.54) is 12.1 Å². The number of hydrogen-bond acceptors (Lipinski definition) is 1. The molecule has 1 aromatic rings. The number of alkyl halides is 1. The van der Waals surface area contributed by atoms with Crippen LogP contribution in [0.1, 0.15) is 51.9 Å². The molecule has 1 aromatic heterocycles. The fourth-order valence-corrected chi connectivity index (χ4v) is 3.04. The Bertz CT molecular complexity index is 374. The highest BCUT2D eigenvalue weighted by Crippen LogP contribution is 2.26. The highest BCUT2D eigenvalue weighted by Gasteiger charge is 2.17. The molecule has 0 aliphatic carbocycles. The van der Waals surface area contributed by atoms with Gasteiger partial charge in [-0.1, -0.05) is 20.8 Å². The lowest BCUT2D eigenvalue weighted by atomic mass is 10.0. The van der Waals surface area contributed by atoms with E-state index in [-0.39, 0.29) is 5.38 Å². The van der Waals surface area contributed by atoms with Crippen LogP contribution in [0.5, 0.6) is 0 Å². The number of aromatic nitrogens is 2. The third kappa shape index (κ3) is 4.27. The Labute approximate surface area is 124 Å². The summed E-state index contributed by atoms with van der Waals surface area (Å²) >= 11 is 10.1. The molecule has 2 nitrogen and oxygen atoms in total. The van der Waals surface area contributed by atoms with E-state index in [1.807, 2.05) is 0 Å². The molecule has 1 rings (SSSR count). The fraction of sp³-hybridized carbons (Fsp3) is 0.786. The molecule has 0 radical (unpaired) electrons.